The third-order valence-corrected chi connectivity index (χ3v) is 2.79. The molecule has 0 spiro atoms. The maximum atomic E-state index is 5.80. The molecule has 1 aromatic heterocycles. The van der Waals surface area contributed by atoms with Crippen LogP contribution in [0, 0.1) is 6.92 Å². The van der Waals surface area contributed by atoms with E-state index in [4.69, 9.17) is 4.74 Å². The number of nitrogens with zero attached hydrogens (tertiary/aromatic N) is 2. The molecular formula is C16H21N3O. The highest BCUT2D eigenvalue weighted by Gasteiger charge is 2.04. The van der Waals surface area contributed by atoms with E-state index in [1.807, 2.05) is 39.0 Å². The van der Waals surface area contributed by atoms with Crippen LogP contribution in [0.15, 0.2) is 36.7 Å². The van der Waals surface area contributed by atoms with Gasteiger partial charge in [-0.1, -0.05) is 18.2 Å². The molecule has 20 heavy (non-hydrogen) atoms. The second-order valence-corrected chi connectivity index (χ2v) is 5.03. The summed E-state index contributed by atoms with van der Waals surface area (Å²) in [7, 11) is 0. The highest BCUT2D eigenvalue weighted by Crippen LogP contribution is 2.19. The minimum Gasteiger partial charge on any atom is -0.491 e. The Morgan fingerprint density at radius 3 is 2.60 bits per heavy atom. The fourth-order valence-corrected chi connectivity index (χ4v) is 1.85. The van der Waals surface area contributed by atoms with Gasteiger partial charge in [-0.2, -0.15) is 0 Å². The van der Waals surface area contributed by atoms with Gasteiger partial charge >= 0.3 is 0 Å². The summed E-state index contributed by atoms with van der Waals surface area (Å²) in [6, 6.07) is 8.09. The predicted molar refractivity (Wildman–Crippen MR) is 79.5 cm³/mol. The Balaban J connectivity index is 1.92. The van der Waals surface area contributed by atoms with Gasteiger partial charge in [0.25, 0.3) is 0 Å². The minimum absolute atomic E-state index is 0.180. The average molecular weight is 271 g/mol. The van der Waals surface area contributed by atoms with Crippen LogP contribution in [-0.4, -0.2) is 16.1 Å². The quantitative estimate of drug-likeness (QED) is 0.877. The van der Waals surface area contributed by atoms with Gasteiger partial charge in [0.05, 0.1) is 17.5 Å². The van der Waals surface area contributed by atoms with Crippen molar-refractivity contribution < 1.29 is 4.74 Å². The Kier molecular flexibility index (Phi) is 5.07. The van der Waals surface area contributed by atoms with Crippen molar-refractivity contribution in [3.05, 3.63) is 53.6 Å². The van der Waals surface area contributed by atoms with E-state index in [-0.39, 0.29) is 6.10 Å². The monoisotopic (exact) mass is 271 g/mol. The Hall–Kier alpha value is -1.94. The molecule has 4 nitrogen and oxygen atoms in total. The van der Waals surface area contributed by atoms with Crippen LogP contribution in [0.1, 0.15) is 30.8 Å². The van der Waals surface area contributed by atoms with Gasteiger partial charge in [0.2, 0.25) is 0 Å². The highest BCUT2D eigenvalue weighted by atomic mass is 16.5. The topological polar surface area (TPSA) is 47.0 Å². The first-order chi connectivity index (χ1) is 9.65. The van der Waals surface area contributed by atoms with Gasteiger partial charge in [0, 0.05) is 31.0 Å². The van der Waals surface area contributed by atoms with Crippen molar-refractivity contribution >= 4 is 0 Å². The van der Waals surface area contributed by atoms with Crippen LogP contribution in [0.3, 0.4) is 0 Å². The number of aryl methyl sites for hydroxylation is 1. The lowest BCUT2D eigenvalue weighted by molar-refractivity contribution is 0.239. The van der Waals surface area contributed by atoms with Crippen molar-refractivity contribution in [2.75, 3.05) is 0 Å². The first kappa shape index (κ1) is 14.5. The Morgan fingerprint density at radius 1 is 1.10 bits per heavy atom. The van der Waals surface area contributed by atoms with Crippen molar-refractivity contribution in [1.82, 2.24) is 15.3 Å². The number of para-hydroxylation sites is 1. The molecule has 1 heterocycles. The van der Waals surface area contributed by atoms with Crippen LogP contribution in [0.25, 0.3) is 0 Å². The smallest absolute Gasteiger partial charge is 0.124 e. The summed E-state index contributed by atoms with van der Waals surface area (Å²) < 4.78 is 5.80. The lowest BCUT2D eigenvalue weighted by atomic mass is 10.2. The maximum absolute atomic E-state index is 5.80. The Bertz CT molecular complexity index is 538. The molecular weight excluding hydrogens is 250 g/mol. The fourth-order valence-electron chi connectivity index (χ4n) is 1.85. The van der Waals surface area contributed by atoms with Crippen LogP contribution in [0.5, 0.6) is 5.75 Å². The molecule has 0 atom stereocenters. The third kappa shape index (κ3) is 4.31. The second-order valence-electron chi connectivity index (χ2n) is 5.03. The van der Waals surface area contributed by atoms with E-state index in [2.05, 4.69) is 21.4 Å². The molecule has 2 aromatic rings. The number of rotatable bonds is 6. The molecule has 106 valence electrons. The number of aromatic nitrogens is 2. The van der Waals surface area contributed by atoms with E-state index in [9.17, 15) is 0 Å². The zero-order valence-corrected chi connectivity index (χ0v) is 12.3. The van der Waals surface area contributed by atoms with Crippen molar-refractivity contribution in [2.24, 2.45) is 0 Å². The summed E-state index contributed by atoms with van der Waals surface area (Å²) in [4.78, 5) is 8.56. The number of benzene rings is 1. The molecule has 0 aliphatic rings. The minimum atomic E-state index is 0.180. The predicted octanol–water partition coefficient (Wildman–Crippen LogP) is 2.86. The van der Waals surface area contributed by atoms with Crippen molar-refractivity contribution in [3.8, 4) is 5.75 Å². The van der Waals surface area contributed by atoms with Gasteiger partial charge in [0.15, 0.2) is 0 Å². The van der Waals surface area contributed by atoms with Gasteiger partial charge in [-0.25, -0.2) is 0 Å². The standard InChI is InChI=1S/C16H21N3O/c1-12(2)20-16-7-5-4-6-14(16)9-17-10-15-11-18-13(3)8-19-15/h4-8,11-12,17H,9-10H2,1-3H3. The van der Waals surface area contributed by atoms with Crippen LogP contribution in [-0.2, 0) is 13.1 Å². The normalized spacial score (nSPS) is 10.8. The molecule has 0 radical (unpaired) electrons. The van der Waals surface area contributed by atoms with Crippen molar-refractivity contribution in [2.45, 2.75) is 40.0 Å². The zero-order chi connectivity index (χ0) is 14.4. The SMILES string of the molecule is Cc1cnc(CNCc2ccccc2OC(C)C)cn1. The van der Waals surface area contributed by atoms with Crippen LogP contribution < -0.4 is 10.1 Å². The summed E-state index contributed by atoms with van der Waals surface area (Å²) in [5, 5.41) is 3.37. The van der Waals surface area contributed by atoms with E-state index in [0.29, 0.717) is 6.54 Å². The molecule has 0 saturated carbocycles. The largest absolute Gasteiger partial charge is 0.491 e. The molecule has 2 rings (SSSR count). The van der Waals surface area contributed by atoms with Crippen LogP contribution in [0.4, 0.5) is 0 Å². The van der Waals surface area contributed by atoms with Gasteiger partial charge in [-0.15, -0.1) is 0 Å². The summed E-state index contributed by atoms with van der Waals surface area (Å²) in [5.41, 5.74) is 3.03. The second kappa shape index (κ2) is 7.01. The molecule has 0 bridgehead atoms. The fraction of sp³-hybridized carbons (Fsp3) is 0.375. The number of hydrogen-bond acceptors (Lipinski definition) is 4. The molecule has 0 unspecified atom stereocenters. The first-order valence-corrected chi connectivity index (χ1v) is 6.88. The molecule has 1 aromatic carbocycles. The van der Waals surface area contributed by atoms with Crippen molar-refractivity contribution in [1.29, 1.82) is 0 Å². The van der Waals surface area contributed by atoms with E-state index in [1.165, 1.54) is 0 Å². The van der Waals surface area contributed by atoms with E-state index in [0.717, 1.165) is 29.2 Å². The number of nitrogens with one attached hydrogen (secondary N) is 1. The molecule has 4 heteroatoms. The summed E-state index contributed by atoms with van der Waals surface area (Å²) in [6.07, 6.45) is 3.77. The van der Waals surface area contributed by atoms with Crippen molar-refractivity contribution in [3.63, 3.8) is 0 Å². The van der Waals surface area contributed by atoms with Gasteiger partial charge in [-0.3, -0.25) is 9.97 Å². The lowest BCUT2D eigenvalue weighted by Crippen LogP contribution is -2.16. The van der Waals surface area contributed by atoms with E-state index in [1.54, 1.807) is 12.4 Å². The maximum Gasteiger partial charge on any atom is 0.124 e. The molecule has 0 saturated heterocycles. The molecule has 0 aliphatic carbocycles. The molecule has 0 amide bonds. The average Bonchev–Trinajstić information content (AvgIpc) is 2.42. The van der Waals surface area contributed by atoms with E-state index >= 15 is 0 Å². The van der Waals surface area contributed by atoms with Gasteiger partial charge < -0.3 is 10.1 Å². The Morgan fingerprint density at radius 2 is 1.90 bits per heavy atom. The van der Waals surface area contributed by atoms with E-state index < -0.39 is 0 Å². The number of ether oxygens (including phenoxy) is 1. The summed E-state index contributed by atoms with van der Waals surface area (Å²) >= 11 is 0. The molecule has 0 aliphatic heterocycles. The Labute approximate surface area is 120 Å². The van der Waals surface area contributed by atoms with Crippen LogP contribution >= 0.6 is 0 Å². The molecule has 1 N–H and O–H groups in total. The first-order valence-electron chi connectivity index (χ1n) is 6.88. The lowest BCUT2D eigenvalue weighted by Gasteiger charge is -2.14. The highest BCUT2D eigenvalue weighted by molar-refractivity contribution is 5.33. The molecule has 0 fully saturated rings. The van der Waals surface area contributed by atoms with Crippen LogP contribution in [0.2, 0.25) is 0 Å². The van der Waals surface area contributed by atoms with Gasteiger partial charge in [-0.05, 0) is 26.8 Å². The van der Waals surface area contributed by atoms with Gasteiger partial charge in [0.1, 0.15) is 5.75 Å². The zero-order valence-electron chi connectivity index (χ0n) is 12.3. The summed E-state index contributed by atoms with van der Waals surface area (Å²) in [5.74, 6) is 0.935. The summed E-state index contributed by atoms with van der Waals surface area (Å²) in [6.45, 7) is 7.45. The third-order valence-electron chi connectivity index (χ3n) is 2.79. The number of hydrogen-bond donors (Lipinski definition) is 1.